The third-order valence-corrected chi connectivity index (χ3v) is 5.50. The van der Waals surface area contributed by atoms with Gasteiger partial charge in [-0.1, -0.05) is 18.5 Å². The van der Waals surface area contributed by atoms with Crippen LogP contribution in [0, 0.1) is 5.92 Å². The van der Waals surface area contributed by atoms with Crippen LogP contribution in [0.15, 0.2) is 22.7 Å². The lowest BCUT2D eigenvalue weighted by molar-refractivity contribution is 0.0769. The number of furan rings is 1. The number of carbonyl (C=O) groups excluding carboxylic acids is 1. The van der Waals surface area contributed by atoms with Crippen molar-refractivity contribution in [1.82, 2.24) is 14.9 Å². The van der Waals surface area contributed by atoms with Gasteiger partial charge in [-0.2, -0.15) is 0 Å². The van der Waals surface area contributed by atoms with Gasteiger partial charge in [0.15, 0.2) is 5.69 Å². The predicted octanol–water partition coefficient (Wildman–Crippen LogP) is 3.72. The molecular formula is C19H23ClN4O2. The lowest BCUT2D eigenvalue weighted by Crippen LogP contribution is -2.28. The summed E-state index contributed by atoms with van der Waals surface area (Å²) in [5, 5.41) is 0.275. The maximum atomic E-state index is 12.8. The lowest BCUT2D eigenvalue weighted by atomic mass is 10.3. The minimum Gasteiger partial charge on any atom is -0.464 e. The Morgan fingerprint density at radius 3 is 2.81 bits per heavy atom. The van der Waals surface area contributed by atoms with Gasteiger partial charge in [-0.25, -0.2) is 9.97 Å². The molecule has 7 heteroatoms. The van der Waals surface area contributed by atoms with Gasteiger partial charge in [-0.15, -0.1) is 0 Å². The Bertz CT molecular complexity index is 816. The Hall–Kier alpha value is -2.08. The van der Waals surface area contributed by atoms with Gasteiger partial charge in [0.25, 0.3) is 5.91 Å². The Labute approximate surface area is 158 Å². The first kappa shape index (κ1) is 17.3. The van der Waals surface area contributed by atoms with Crippen LogP contribution in [-0.2, 0) is 6.54 Å². The van der Waals surface area contributed by atoms with Crippen LogP contribution in [0.3, 0.4) is 0 Å². The zero-order valence-corrected chi connectivity index (χ0v) is 15.9. The van der Waals surface area contributed by atoms with Gasteiger partial charge >= 0.3 is 0 Å². The largest absolute Gasteiger partial charge is 0.464 e. The summed E-state index contributed by atoms with van der Waals surface area (Å²) in [4.78, 5) is 25.2. The molecule has 0 spiro atoms. The average Bonchev–Trinajstić information content (AvgIpc) is 3.06. The van der Waals surface area contributed by atoms with Crippen LogP contribution in [-0.4, -0.2) is 40.9 Å². The molecule has 138 valence electrons. The van der Waals surface area contributed by atoms with Crippen LogP contribution in [0.1, 0.15) is 54.1 Å². The van der Waals surface area contributed by atoms with Crippen LogP contribution in [0.25, 0.3) is 0 Å². The van der Waals surface area contributed by atoms with Gasteiger partial charge in [0.2, 0.25) is 5.95 Å². The van der Waals surface area contributed by atoms with Crippen molar-refractivity contribution < 1.29 is 9.21 Å². The number of hydrogen-bond donors (Lipinski definition) is 0. The highest BCUT2D eigenvalue weighted by molar-refractivity contribution is 6.33. The zero-order chi connectivity index (χ0) is 18.3. The van der Waals surface area contributed by atoms with E-state index in [2.05, 4.69) is 21.8 Å². The number of aromatic nitrogens is 2. The third kappa shape index (κ3) is 3.43. The molecule has 1 aliphatic heterocycles. The summed E-state index contributed by atoms with van der Waals surface area (Å²) in [6.07, 6.45) is 4.94. The van der Waals surface area contributed by atoms with Gasteiger partial charge in [0.05, 0.1) is 17.8 Å². The van der Waals surface area contributed by atoms with Gasteiger partial charge < -0.3 is 14.2 Å². The maximum Gasteiger partial charge on any atom is 0.274 e. The van der Waals surface area contributed by atoms with Crippen molar-refractivity contribution in [3.8, 4) is 0 Å². The van der Waals surface area contributed by atoms with Crippen LogP contribution in [0.5, 0.6) is 0 Å². The summed E-state index contributed by atoms with van der Waals surface area (Å²) in [6, 6.07) is 3.96. The Morgan fingerprint density at radius 1 is 1.38 bits per heavy atom. The summed E-state index contributed by atoms with van der Waals surface area (Å²) >= 11 is 6.20. The molecule has 3 heterocycles. The minimum atomic E-state index is -0.226. The fourth-order valence-corrected chi connectivity index (χ4v) is 3.63. The molecule has 1 aliphatic carbocycles. The van der Waals surface area contributed by atoms with E-state index in [1.54, 1.807) is 11.9 Å². The third-order valence-electron chi connectivity index (χ3n) is 5.22. The molecule has 1 amide bonds. The summed E-state index contributed by atoms with van der Waals surface area (Å²) in [6.45, 7) is 4.44. The highest BCUT2D eigenvalue weighted by Crippen LogP contribution is 2.47. The Morgan fingerprint density at radius 2 is 2.12 bits per heavy atom. The number of amides is 1. The highest BCUT2D eigenvalue weighted by atomic mass is 35.5. The van der Waals surface area contributed by atoms with Crippen LogP contribution < -0.4 is 4.90 Å². The van der Waals surface area contributed by atoms with Crippen molar-refractivity contribution in [2.24, 2.45) is 5.92 Å². The maximum absolute atomic E-state index is 12.8. The monoisotopic (exact) mass is 374 g/mol. The van der Waals surface area contributed by atoms with E-state index in [4.69, 9.17) is 16.0 Å². The summed E-state index contributed by atoms with van der Waals surface area (Å²) in [5.41, 5.74) is 0.244. The molecule has 0 bridgehead atoms. The van der Waals surface area contributed by atoms with Crippen LogP contribution in [0.2, 0.25) is 5.02 Å². The molecule has 2 aromatic rings. The predicted molar refractivity (Wildman–Crippen MR) is 99.5 cm³/mol. The van der Waals surface area contributed by atoms with E-state index >= 15 is 0 Å². The first-order valence-electron chi connectivity index (χ1n) is 9.14. The molecule has 0 unspecified atom stereocenters. The van der Waals surface area contributed by atoms with Crippen LogP contribution in [0.4, 0.5) is 5.95 Å². The van der Waals surface area contributed by atoms with Crippen molar-refractivity contribution in [3.63, 3.8) is 0 Å². The topological polar surface area (TPSA) is 62.5 Å². The molecule has 26 heavy (non-hydrogen) atoms. The van der Waals surface area contributed by atoms with Crippen molar-refractivity contribution in [3.05, 3.63) is 40.6 Å². The Kier molecular flexibility index (Phi) is 4.61. The SMILES string of the molecule is C[C@@H]1C[C@@H]1c1ccc(CN(C)C(=O)c2nc(N3CCCC3)ncc2Cl)o1. The first-order chi connectivity index (χ1) is 12.5. The standard InChI is InChI=1S/C19H23ClN4O2/c1-12-9-14(12)16-6-5-13(26-16)11-23(2)18(25)17-15(20)10-21-19(22-17)24-7-3-4-8-24/h5-6,10,12,14H,3-4,7-9,11H2,1-2H3/t12-,14+/m1/s1. The van der Waals surface area contributed by atoms with Gasteiger partial charge in [0.1, 0.15) is 11.5 Å². The molecule has 0 aromatic carbocycles. The van der Waals surface area contributed by atoms with Gasteiger partial charge in [-0.3, -0.25) is 4.79 Å². The van der Waals surface area contributed by atoms with E-state index in [0.717, 1.165) is 37.5 Å². The van der Waals surface area contributed by atoms with E-state index in [1.807, 2.05) is 12.1 Å². The molecule has 6 nitrogen and oxygen atoms in total. The van der Waals surface area contributed by atoms with Crippen LogP contribution >= 0.6 is 11.6 Å². The van der Waals surface area contributed by atoms with Crippen molar-refractivity contribution in [2.75, 3.05) is 25.0 Å². The first-order valence-corrected chi connectivity index (χ1v) is 9.52. The molecular weight excluding hydrogens is 352 g/mol. The molecule has 0 N–H and O–H groups in total. The second-order valence-corrected chi connectivity index (χ2v) is 7.75. The molecule has 2 fully saturated rings. The molecule has 1 saturated heterocycles. The molecule has 2 atom stereocenters. The highest BCUT2D eigenvalue weighted by Gasteiger charge is 2.36. The molecule has 0 radical (unpaired) electrons. The molecule has 2 aromatic heterocycles. The van der Waals surface area contributed by atoms with Gasteiger partial charge in [0, 0.05) is 26.1 Å². The van der Waals surface area contributed by atoms with E-state index in [-0.39, 0.29) is 16.6 Å². The quantitative estimate of drug-likeness (QED) is 0.798. The van der Waals surface area contributed by atoms with Crippen molar-refractivity contribution in [2.45, 2.75) is 38.6 Å². The number of anilines is 1. The number of hydrogen-bond acceptors (Lipinski definition) is 5. The number of halogens is 1. The van der Waals surface area contributed by atoms with E-state index in [0.29, 0.717) is 24.3 Å². The summed E-state index contributed by atoms with van der Waals surface area (Å²) in [7, 11) is 1.73. The molecule has 1 saturated carbocycles. The Balaban J connectivity index is 1.47. The van der Waals surface area contributed by atoms with E-state index in [1.165, 1.54) is 12.6 Å². The van der Waals surface area contributed by atoms with E-state index in [9.17, 15) is 4.79 Å². The van der Waals surface area contributed by atoms with E-state index < -0.39 is 0 Å². The molecule has 2 aliphatic rings. The van der Waals surface area contributed by atoms with Gasteiger partial charge in [-0.05, 0) is 37.3 Å². The summed E-state index contributed by atoms with van der Waals surface area (Å²) < 4.78 is 5.90. The number of nitrogens with zero attached hydrogens (tertiary/aromatic N) is 4. The fourth-order valence-electron chi connectivity index (χ4n) is 3.46. The minimum absolute atomic E-state index is 0.226. The smallest absolute Gasteiger partial charge is 0.274 e. The average molecular weight is 375 g/mol. The number of carbonyl (C=O) groups is 1. The van der Waals surface area contributed by atoms with Crippen molar-refractivity contribution >= 4 is 23.5 Å². The lowest BCUT2D eigenvalue weighted by Gasteiger charge is -2.19. The van der Waals surface area contributed by atoms with Crippen molar-refractivity contribution in [1.29, 1.82) is 0 Å². The normalized spacial score (nSPS) is 21.9. The zero-order valence-electron chi connectivity index (χ0n) is 15.1. The summed E-state index contributed by atoms with van der Waals surface area (Å²) in [5.74, 6) is 3.37. The second-order valence-electron chi connectivity index (χ2n) is 7.35. The second kappa shape index (κ2) is 6.91. The number of rotatable bonds is 5. The molecule has 4 rings (SSSR count). The fraction of sp³-hybridized carbons (Fsp3) is 0.526.